The predicted octanol–water partition coefficient (Wildman–Crippen LogP) is 1.98. The van der Waals surface area contributed by atoms with Crippen LogP contribution in [-0.4, -0.2) is 30.0 Å². The van der Waals surface area contributed by atoms with Crippen molar-refractivity contribution < 1.29 is 14.3 Å². The molecule has 0 unspecified atom stereocenters. The SMILES string of the molecule is COC1=C(C=O)c2ccccc2CC1=NNC(=O)c1ccncc1. The Morgan fingerprint density at radius 2 is 2.00 bits per heavy atom. The summed E-state index contributed by atoms with van der Waals surface area (Å²) in [5, 5.41) is 4.16. The zero-order valence-electron chi connectivity index (χ0n) is 13.0. The first kappa shape index (κ1) is 15.6. The molecule has 1 aliphatic rings. The largest absolute Gasteiger partial charge is 0.494 e. The number of benzene rings is 1. The number of ether oxygens (including phenoxy) is 1. The lowest BCUT2D eigenvalue weighted by atomic mass is 9.89. The quantitative estimate of drug-likeness (QED) is 0.690. The van der Waals surface area contributed by atoms with Gasteiger partial charge < -0.3 is 4.74 Å². The van der Waals surface area contributed by atoms with Crippen LogP contribution in [-0.2, 0) is 16.0 Å². The molecule has 1 aromatic carbocycles. The number of methoxy groups -OCH3 is 1. The molecule has 1 N–H and O–H groups in total. The molecule has 0 saturated carbocycles. The van der Waals surface area contributed by atoms with E-state index in [0.29, 0.717) is 29.0 Å². The summed E-state index contributed by atoms with van der Waals surface area (Å²) in [5.41, 5.74) is 5.65. The molecule has 3 rings (SSSR count). The van der Waals surface area contributed by atoms with Crippen molar-refractivity contribution in [2.24, 2.45) is 5.10 Å². The van der Waals surface area contributed by atoms with E-state index in [4.69, 9.17) is 4.74 Å². The highest BCUT2D eigenvalue weighted by atomic mass is 16.5. The molecule has 1 aromatic heterocycles. The summed E-state index contributed by atoms with van der Waals surface area (Å²) in [4.78, 5) is 27.5. The molecule has 6 nitrogen and oxygen atoms in total. The first-order valence-electron chi connectivity index (χ1n) is 7.33. The van der Waals surface area contributed by atoms with Crippen molar-refractivity contribution in [2.75, 3.05) is 7.11 Å². The fraction of sp³-hybridized carbons (Fsp3) is 0.111. The summed E-state index contributed by atoms with van der Waals surface area (Å²) < 4.78 is 5.36. The van der Waals surface area contributed by atoms with Crippen molar-refractivity contribution in [1.29, 1.82) is 0 Å². The first-order valence-corrected chi connectivity index (χ1v) is 7.33. The first-order chi connectivity index (χ1) is 11.7. The highest BCUT2D eigenvalue weighted by molar-refractivity contribution is 6.21. The number of pyridine rings is 1. The summed E-state index contributed by atoms with van der Waals surface area (Å²) in [6.07, 6.45) is 4.28. The lowest BCUT2D eigenvalue weighted by molar-refractivity contribution is -0.103. The van der Waals surface area contributed by atoms with Gasteiger partial charge in [0.2, 0.25) is 0 Å². The Labute approximate surface area is 138 Å². The second-order valence-corrected chi connectivity index (χ2v) is 5.13. The zero-order chi connectivity index (χ0) is 16.9. The molecule has 24 heavy (non-hydrogen) atoms. The van der Waals surface area contributed by atoms with Crippen LogP contribution in [0.2, 0.25) is 0 Å². The van der Waals surface area contributed by atoms with E-state index in [1.807, 2.05) is 24.3 Å². The maximum absolute atomic E-state index is 12.1. The van der Waals surface area contributed by atoms with Crippen molar-refractivity contribution in [3.8, 4) is 0 Å². The molecule has 0 bridgehead atoms. The number of aromatic nitrogens is 1. The van der Waals surface area contributed by atoms with Crippen molar-refractivity contribution in [1.82, 2.24) is 10.4 Å². The van der Waals surface area contributed by atoms with Crippen LogP contribution in [0.15, 0.2) is 59.7 Å². The van der Waals surface area contributed by atoms with Crippen LogP contribution in [0.25, 0.3) is 5.57 Å². The normalized spacial score (nSPS) is 15.0. The maximum Gasteiger partial charge on any atom is 0.271 e. The van der Waals surface area contributed by atoms with Crippen LogP contribution >= 0.6 is 0 Å². The Morgan fingerprint density at radius 3 is 2.71 bits per heavy atom. The highest BCUT2D eigenvalue weighted by Gasteiger charge is 2.24. The third-order valence-corrected chi connectivity index (χ3v) is 3.73. The van der Waals surface area contributed by atoms with E-state index in [1.54, 1.807) is 12.1 Å². The number of carbonyl (C=O) groups excluding carboxylic acids is 2. The molecule has 6 heteroatoms. The Balaban J connectivity index is 1.93. The number of hydrogen-bond acceptors (Lipinski definition) is 5. The number of nitrogens with zero attached hydrogens (tertiary/aromatic N) is 2. The van der Waals surface area contributed by atoms with Crippen LogP contribution in [0.3, 0.4) is 0 Å². The van der Waals surface area contributed by atoms with Gasteiger partial charge in [0.1, 0.15) is 5.71 Å². The van der Waals surface area contributed by atoms with Crippen LogP contribution in [0.1, 0.15) is 21.5 Å². The fourth-order valence-electron chi connectivity index (χ4n) is 2.60. The Morgan fingerprint density at radius 1 is 1.25 bits per heavy atom. The Hall–Kier alpha value is -3.28. The lowest BCUT2D eigenvalue weighted by Gasteiger charge is -2.21. The van der Waals surface area contributed by atoms with Crippen molar-refractivity contribution in [3.63, 3.8) is 0 Å². The van der Waals surface area contributed by atoms with Gasteiger partial charge in [-0.25, -0.2) is 5.43 Å². The summed E-state index contributed by atoms with van der Waals surface area (Å²) in [6.45, 7) is 0. The van der Waals surface area contributed by atoms with Gasteiger partial charge in [0.25, 0.3) is 5.91 Å². The molecule has 1 amide bonds. The van der Waals surface area contributed by atoms with Gasteiger partial charge in [-0.1, -0.05) is 24.3 Å². The van der Waals surface area contributed by atoms with Gasteiger partial charge in [-0.05, 0) is 23.3 Å². The Bertz CT molecular complexity index is 842. The van der Waals surface area contributed by atoms with Gasteiger partial charge in [-0.3, -0.25) is 14.6 Å². The minimum absolute atomic E-state index is 0.355. The number of amides is 1. The van der Waals surface area contributed by atoms with Gasteiger partial charge in [-0.15, -0.1) is 0 Å². The van der Waals surface area contributed by atoms with E-state index in [-0.39, 0.29) is 5.91 Å². The van der Waals surface area contributed by atoms with Crippen molar-refractivity contribution >= 4 is 23.5 Å². The van der Waals surface area contributed by atoms with Crippen LogP contribution in [0, 0.1) is 0 Å². The molecular weight excluding hydrogens is 306 g/mol. The maximum atomic E-state index is 12.1. The van der Waals surface area contributed by atoms with Crippen LogP contribution in [0.4, 0.5) is 0 Å². The van der Waals surface area contributed by atoms with E-state index in [1.165, 1.54) is 19.5 Å². The second kappa shape index (κ2) is 6.87. The molecule has 1 aliphatic carbocycles. The van der Waals surface area contributed by atoms with Crippen molar-refractivity contribution in [2.45, 2.75) is 6.42 Å². The topological polar surface area (TPSA) is 80.6 Å². The predicted molar refractivity (Wildman–Crippen MR) is 89.3 cm³/mol. The van der Waals surface area contributed by atoms with Gasteiger partial charge in [0, 0.05) is 24.4 Å². The molecular formula is C18H15N3O3. The van der Waals surface area contributed by atoms with E-state index >= 15 is 0 Å². The summed E-state index contributed by atoms with van der Waals surface area (Å²) in [5.74, 6) is 0.0191. The average Bonchev–Trinajstić information content (AvgIpc) is 2.65. The summed E-state index contributed by atoms with van der Waals surface area (Å²) in [6, 6.07) is 10.7. The van der Waals surface area contributed by atoms with E-state index < -0.39 is 0 Å². The molecule has 120 valence electrons. The van der Waals surface area contributed by atoms with E-state index in [2.05, 4.69) is 15.5 Å². The van der Waals surface area contributed by atoms with E-state index in [9.17, 15) is 9.59 Å². The van der Waals surface area contributed by atoms with Gasteiger partial charge in [-0.2, -0.15) is 5.10 Å². The monoisotopic (exact) mass is 321 g/mol. The molecule has 0 atom stereocenters. The zero-order valence-corrected chi connectivity index (χ0v) is 13.0. The molecule has 0 aliphatic heterocycles. The average molecular weight is 321 g/mol. The van der Waals surface area contributed by atoms with Gasteiger partial charge in [0.05, 0.1) is 12.7 Å². The smallest absolute Gasteiger partial charge is 0.271 e. The number of carbonyl (C=O) groups is 2. The van der Waals surface area contributed by atoms with Gasteiger partial charge >= 0.3 is 0 Å². The summed E-state index contributed by atoms with van der Waals surface area (Å²) >= 11 is 0. The second-order valence-electron chi connectivity index (χ2n) is 5.13. The number of allylic oxidation sites excluding steroid dienone is 2. The fourth-order valence-corrected chi connectivity index (χ4v) is 2.60. The third kappa shape index (κ3) is 2.94. The van der Waals surface area contributed by atoms with E-state index in [0.717, 1.165) is 17.4 Å². The van der Waals surface area contributed by atoms with Crippen LogP contribution in [0.5, 0.6) is 0 Å². The molecule has 0 fully saturated rings. The molecule has 1 heterocycles. The number of hydrogen-bond donors (Lipinski definition) is 1. The van der Waals surface area contributed by atoms with Gasteiger partial charge in [0.15, 0.2) is 12.0 Å². The molecule has 0 saturated heterocycles. The molecule has 2 aromatic rings. The molecule has 0 radical (unpaired) electrons. The summed E-state index contributed by atoms with van der Waals surface area (Å²) in [7, 11) is 1.48. The lowest BCUT2D eigenvalue weighted by Crippen LogP contribution is -2.24. The third-order valence-electron chi connectivity index (χ3n) is 3.73. The number of rotatable bonds is 4. The standard InChI is InChI=1S/C18H15N3O3/c1-24-17-15(11-22)14-5-3-2-4-13(14)10-16(17)20-21-18(23)12-6-8-19-9-7-12/h2-9,11H,10H2,1H3,(H,21,23). The van der Waals surface area contributed by atoms with Crippen molar-refractivity contribution in [3.05, 3.63) is 71.2 Å². The number of aldehydes is 1. The number of nitrogens with one attached hydrogen (secondary N) is 1. The minimum Gasteiger partial charge on any atom is -0.494 e. The number of hydrazone groups is 1. The highest BCUT2D eigenvalue weighted by Crippen LogP contribution is 2.28. The Kier molecular flexibility index (Phi) is 4.47. The van der Waals surface area contributed by atoms with Crippen LogP contribution < -0.4 is 5.43 Å². The number of fused-ring (bicyclic) bond motifs is 1. The molecule has 0 spiro atoms. The minimum atomic E-state index is -0.355.